The number of hydrogen-bond acceptors (Lipinski definition) is 4. The Morgan fingerprint density at radius 2 is 2.17 bits per heavy atom. The first-order valence-electron chi connectivity index (χ1n) is 5.99. The predicted octanol–water partition coefficient (Wildman–Crippen LogP) is 1.42. The second kappa shape index (κ2) is 6.86. The number of ether oxygens (including phenoxy) is 1. The summed E-state index contributed by atoms with van der Waals surface area (Å²) in [5.41, 5.74) is 7.73. The lowest BCUT2D eigenvalue weighted by Crippen LogP contribution is -2.23. The van der Waals surface area contributed by atoms with E-state index in [0.29, 0.717) is 31.0 Å². The highest BCUT2D eigenvalue weighted by Crippen LogP contribution is 2.20. The Balaban J connectivity index is 2.80. The number of nitrogens with one attached hydrogen (secondary N) is 1. The maximum absolute atomic E-state index is 12.0. The second-order valence-corrected chi connectivity index (χ2v) is 4.13. The van der Waals surface area contributed by atoms with Crippen molar-refractivity contribution >= 4 is 17.3 Å². The number of anilines is 2. The maximum Gasteiger partial charge on any atom is 0.255 e. The van der Waals surface area contributed by atoms with Crippen LogP contribution in [0.3, 0.4) is 0 Å². The summed E-state index contributed by atoms with van der Waals surface area (Å²) in [5.74, 6) is -0.0473. The number of hydrogen-bond donors (Lipinski definition) is 2. The normalized spacial score (nSPS) is 10.2. The van der Waals surface area contributed by atoms with Gasteiger partial charge in [-0.1, -0.05) is 0 Å². The number of rotatable bonds is 6. The van der Waals surface area contributed by atoms with Crippen LogP contribution < -0.4 is 11.1 Å². The van der Waals surface area contributed by atoms with E-state index in [0.717, 1.165) is 5.69 Å². The SMILES string of the molecule is CCOCCNc1cc(N)ccc1C(=O)N(C)C. The molecule has 0 saturated heterocycles. The summed E-state index contributed by atoms with van der Waals surface area (Å²) in [6.45, 7) is 3.87. The van der Waals surface area contributed by atoms with Crippen LogP contribution in [-0.2, 0) is 4.74 Å². The van der Waals surface area contributed by atoms with Crippen LogP contribution in [-0.4, -0.2) is 44.7 Å². The minimum Gasteiger partial charge on any atom is -0.399 e. The van der Waals surface area contributed by atoms with Gasteiger partial charge in [0, 0.05) is 38.6 Å². The molecule has 0 fully saturated rings. The zero-order valence-electron chi connectivity index (χ0n) is 11.2. The van der Waals surface area contributed by atoms with Crippen LogP contribution >= 0.6 is 0 Å². The topological polar surface area (TPSA) is 67.6 Å². The van der Waals surface area contributed by atoms with E-state index in [2.05, 4.69) is 5.32 Å². The zero-order valence-corrected chi connectivity index (χ0v) is 11.2. The number of carbonyl (C=O) groups excluding carboxylic acids is 1. The number of nitrogen functional groups attached to an aromatic ring is 1. The van der Waals surface area contributed by atoms with Gasteiger partial charge in [-0.15, -0.1) is 0 Å². The van der Waals surface area contributed by atoms with E-state index in [9.17, 15) is 4.79 Å². The van der Waals surface area contributed by atoms with E-state index in [4.69, 9.17) is 10.5 Å². The lowest BCUT2D eigenvalue weighted by molar-refractivity contribution is 0.0828. The Bertz CT molecular complexity index is 405. The Morgan fingerprint density at radius 3 is 2.78 bits per heavy atom. The predicted molar refractivity (Wildman–Crippen MR) is 73.9 cm³/mol. The summed E-state index contributed by atoms with van der Waals surface area (Å²) < 4.78 is 5.24. The van der Waals surface area contributed by atoms with E-state index in [1.807, 2.05) is 6.92 Å². The summed E-state index contributed by atoms with van der Waals surface area (Å²) in [5, 5.41) is 3.17. The Morgan fingerprint density at radius 1 is 1.44 bits per heavy atom. The van der Waals surface area contributed by atoms with Crippen LogP contribution in [0.2, 0.25) is 0 Å². The first-order chi connectivity index (χ1) is 8.56. The van der Waals surface area contributed by atoms with Crippen molar-refractivity contribution in [2.45, 2.75) is 6.92 Å². The molecule has 0 atom stereocenters. The summed E-state index contributed by atoms with van der Waals surface area (Å²) in [6, 6.07) is 5.23. The lowest BCUT2D eigenvalue weighted by atomic mass is 10.1. The molecule has 100 valence electrons. The van der Waals surface area contributed by atoms with E-state index < -0.39 is 0 Å². The van der Waals surface area contributed by atoms with Gasteiger partial charge in [-0.3, -0.25) is 4.79 Å². The second-order valence-electron chi connectivity index (χ2n) is 4.13. The van der Waals surface area contributed by atoms with Gasteiger partial charge in [-0.2, -0.15) is 0 Å². The van der Waals surface area contributed by atoms with Crippen molar-refractivity contribution in [2.24, 2.45) is 0 Å². The molecule has 5 nitrogen and oxygen atoms in total. The largest absolute Gasteiger partial charge is 0.399 e. The standard InChI is InChI=1S/C13H21N3O2/c1-4-18-8-7-15-12-9-10(14)5-6-11(12)13(17)16(2)3/h5-6,9,15H,4,7-8,14H2,1-3H3. The molecule has 1 rings (SSSR count). The van der Waals surface area contributed by atoms with Crippen molar-refractivity contribution in [3.8, 4) is 0 Å². The summed E-state index contributed by atoms with van der Waals surface area (Å²) in [6.07, 6.45) is 0. The van der Waals surface area contributed by atoms with Gasteiger partial charge in [0.25, 0.3) is 5.91 Å². The van der Waals surface area contributed by atoms with Crippen LogP contribution in [0, 0.1) is 0 Å². The molecule has 0 heterocycles. The molecular formula is C13H21N3O2. The van der Waals surface area contributed by atoms with Gasteiger partial charge in [0.2, 0.25) is 0 Å². The Hall–Kier alpha value is -1.75. The van der Waals surface area contributed by atoms with Crippen molar-refractivity contribution in [1.82, 2.24) is 4.90 Å². The highest BCUT2D eigenvalue weighted by atomic mass is 16.5. The summed E-state index contributed by atoms with van der Waals surface area (Å²) >= 11 is 0. The fourth-order valence-corrected chi connectivity index (χ4v) is 1.54. The van der Waals surface area contributed by atoms with Crippen molar-refractivity contribution in [1.29, 1.82) is 0 Å². The van der Waals surface area contributed by atoms with Crippen LogP contribution in [0.5, 0.6) is 0 Å². The van der Waals surface area contributed by atoms with Crippen LogP contribution in [0.4, 0.5) is 11.4 Å². The van der Waals surface area contributed by atoms with Gasteiger partial charge in [-0.25, -0.2) is 0 Å². The van der Waals surface area contributed by atoms with Crippen molar-refractivity contribution in [2.75, 3.05) is 44.9 Å². The average molecular weight is 251 g/mol. The molecule has 1 amide bonds. The van der Waals surface area contributed by atoms with Gasteiger partial charge >= 0.3 is 0 Å². The van der Waals surface area contributed by atoms with Gasteiger partial charge in [0.05, 0.1) is 12.2 Å². The van der Waals surface area contributed by atoms with Gasteiger partial charge in [0.15, 0.2) is 0 Å². The molecule has 0 saturated carbocycles. The molecule has 0 aliphatic heterocycles. The molecule has 0 unspecified atom stereocenters. The van der Waals surface area contributed by atoms with Crippen LogP contribution in [0.1, 0.15) is 17.3 Å². The molecule has 0 radical (unpaired) electrons. The Kier molecular flexibility index (Phi) is 5.45. The smallest absolute Gasteiger partial charge is 0.255 e. The minimum atomic E-state index is -0.0473. The molecule has 0 aliphatic rings. The van der Waals surface area contributed by atoms with Crippen LogP contribution in [0.25, 0.3) is 0 Å². The van der Waals surface area contributed by atoms with Gasteiger partial charge in [0.1, 0.15) is 0 Å². The molecule has 0 aliphatic carbocycles. The summed E-state index contributed by atoms with van der Waals surface area (Å²) in [4.78, 5) is 13.5. The quantitative estimate of drug-likeness (QED) is 0.592. The monoisotopic (exact) mass is 251 g/mol. The molecular weight excluding hydrogens is 230 g/mol. The molecule has 5 heteroatoms. The minimum absolute atomic E-state index is 0.0473. The number of benzene rings is 1. The van der Waals surface area contributed by atoms with E-state index in [-0.39, 0.29) is 5.91 Å². The van der Waals surface area contributed by atoms with Crippen molar-refractivity contribution < 1.29 is 9.53 Å². The third kappa shape index (κ3) is 3.92. The van der Waals surface area contributed by atoms with E-state index >= 15 is 0 Å². The fraction of sp³-hybridized carbons (Fsp3) is 0.462. The number of amides is 1. The highest BCUT2D eigenvalue weighted by Gasteiger charge is 2.13. The summed E-state index contributed by atoms with van der Waals surface area (Å²) in [7, 11) is 3.45. The average Bonchev–Trinajstić information content (AvgIpc) is 2.34. The molecule has 1 aromatic carbocycles. The molecule has 0 spiro atoms. The highest BCUT2D eigenvalue weighted by molar-refractivity contribution is 5.99. The van der Waals surface area contributed by atoms with Crippen molar-refractivity contribution in [3.05, 3.63) is 23.8 Å². The third-order valence-corrected chi connectivity index (χ3v) is 2.45. The fourth-order valence-electron chi connectivity index (χ4n) is 1.54. The third-order valence-electron chi connectivity index (χ3n) is 2.45. The number of nitrogens with zero attached hydrogens (tertiary/aromatic N) is 1. The molecule has 0 aromatic heterocycles. The maximum atomic E-state index is 12.0. The van der Waals surface area contributed by atoms with Crippen LogP contribution in [0.15, 0.2) is 18.2 Å². The molecule has 3 N–H and O–H groups in total. The molecule has 1 aromatic rings. The lowest BCUT2D eigenvalue weighted by Gasteiger charge is -2.16. The Labute approximate surface area is 108 Å². The van der Waals surface area contributed by atoms with E-state index in [1.54, 1.807) is 37.2 Å². The first-order valence-corrected chi connectivity index (χ1v) is 5.99. The van der Waals surface area contributed by atoms with E-state index in [1.165, 1.54) is 0 Å². The van der Waals surface area contributed by atoms with Crippen molar-refractivity contribution in [3.63, 3.8) is 0 Å². The number of carbonyl (C=O) groups is 1. The molecule has 0 bridgehead atoms. The van der Waals surface area contributed by atoms with Gasteiger partial charge in [-0.05, 0) is 25.1 Å². The number of nitrogens with two attached hydrogens (primary N) is 1. The van der Waals surface area contributed by atoms with Gasteiger partial charge < -0.3 is 20.7 Å². The zero-order chi connectivity index (χ0) is 13.5. The molecule has 18 heavy (non-hydrogen) atoms. The first kappa shape index (κ1) is 14.3.